The predicted octanol–water partition coefficient (Wildman–Crippen LogP) is 5.00. The first kappa shape index (κ1) is 26.2. The fraction of sp³-hybridized carbons (Fsp3) is 0.533. The van der Waals surface area contributed by atoms with Gasteiger partial charge in [-0.05, 0) is 54.7 Å². The van der Waals surface area contributed by atoms with Crippen LogP contribution in [0.25, 0.3) is 0 Å². The van der Waals surface area contributed by atoms with Crippen LogP contribution in [0.2, 0.25) is 0 Å². The van der Waals surface area contributed by atoms with Crippen molar-refractivity contribution in [3.63, 3.8) is 0 Å². The zero-order chi connectivity index (χ0) is 25.3. The molecule has 2 aliphatic heterocycles. The lowest BCUT2D eigenvalue weighted by Gasteiger charge is -2.37. The number of carbonyl (C=O) groups excluding carboxylic acids is 1. The van der Waals surface area contributed by atoms with Crippen molar-refractivity contribution < 1.29 is 9.53 Å². The average molecular weight is 489 g/mol. The molecule has 36 heavy (non-hydrogen) atoms. The second kappa shape index (κ2) is 12.9. The maximum atomic E-state index is 12.8. The minimum absolute atomic E-state index is 0.0653. The van der Waals surface area contributed by atoms with Crippen LogP contribution in [0.15, 0.2) is 48.5 Å². The Hall–Kier alpha value is -2.88. The van der Waals surface area contributed by atoms with Crippen LogP contribution in [0.5, 0.6) is 0 Å². The summed E-state index contributed by atoms with van der Waals surface area (Å²) in [6, 6.07) is 18.6. The van der Waals surface area contributed by atoms with Gasteiger partial charge in [0.1, 0.15) is 0 Å². The van der Waals surface area contributed by atoms with Crippen molar-refractivity contribution in [2.75, 3.05) is 50.7 Å². The Morgan fingerprint density at radius 2 is 1.75 bits per heavy atom. The normalized spacial score (nSPS) is 18.1. The van der Waals surface area contributed by atoms with Gasteiger partial charge in [-0.1, -0.05) is 44.5 Å². The molecule has 0 unspecified atom stereocenters. The number of carbonyl (C=O) groups is 1. The smallest absolute Gasteiger partial charge is 0.225 e. The number of hydrogen-bond acceptors (Lipinski definition) is 5. The van der Waals surface area contributed by atoms with E-state index < -0.39 is 0 Å². The molecule has 2 aliphatic rings. The molecule has 192 valence electrons. The summed E-state index contributed by atoms with van der Waals surface area (Å²) in [5.41, 5.74) is 4.20. The lowest BCUT2D eigenvalue weighted by molar-refractivity contribution is -0.137. The summed E-state index contributed by atoms with van der Waals surface area (Å²) >= 11 is 0. The summed E-state index contributed by atoms with van der Waals surface area (Å²) in [7, 11) is 0. The van der Waals surface area contributed by atoms with Gasteiger partial charge in [0.25, 0.3) is 0 Å². The summed E-state index contributed by atoms with van der Waals surface area (Å²) in [6.45, 7) is 11.0. The maximum Gasteiger partial charge on any atom is 0.225 e. The van der Waals surface area contributed by atoms with Gasteiger partial charge in [0.15, 0.2) is 0 Å². The van der Waals surface area contributed by atoms with Crippen LogP contribution in [0, 0.1) is 17.2 Å². The second-order valence-electron chi connectivity index (χ2n) is 10.2. The van der Waals surface area contributed by atoms with E-state index in [1.54, 1.807) is 0 Å². The molecular weight excluding hydrogens is 448 g/mol. The third-order valence-electron chi connectivity index (χ3n) is 7.50. The quantitative estimate of drug-likeness (QED) is 0.471. The molecule has 2 heterocycles. The zero-order valence-electron chi connectivity index (χ0n) is 21.9. The number of piperazine rings is 1. The topological polar surface area (TPSA) is 59.8 Å². The Morgan fingerprint density at radius 3 is 2.42 bits per heavy atom. The van der Waals surface area contributed by atoms with Gasteiger partial charge in [0, 0.05) is 57.4 Å². The SMILES string of the molecule is CCC[C@@H](C)C(=O)N1CCN(C[C@@H](OCc2ccc(C#N)cc2)c2cccc(N3CCCC3)c2)CC1. The van der Waals surface area contributed by atoms with Gasteiger partial charge >= 0.3 is 0 Å². The van der Waals surface area contributed by atoms with Crippen molar-refractivity contribution in [2.24, 2.45) is 5.92 Å². The molecule has 2 atom stereocenters. The van der Waals surface area contributed by atoms with Crippen LogP contribution in [0.3, 0.4) is 0 Å². The first-order valence-corrected chi connectivity index (χ1v) is 13.5. The van der Waals surface area contributed by atoms with Crippen molar-refractivity contribution >= 4 is 11.6 Å². The maximum absolute atomic E-state index is 12.8. The van der Waals surface area contributed by atoms with E-state index in [1.807, 2.05) is 29.2 Å². The summed E-state index contributed by atoms with van der Waals surface area (Å²) < 4.78 is 6.53. The standard InChI is InChI=1S/C30H40N4O2/c1-3-7-24(2)30(35)34-18-16-32(17-19-34)22-29(36-23-26-12-10-25(21-31)11-13-26)27-8-6-9-28(20-27)33-14-4-5-15-33/h6,8-13,20,24,29H,3-5,7,14-19,22-23H2,1-2H3/t24-,29-/m1/s1. The van der Waals surface area contributed by atoms with E-state index in [9.17, 15) is 4.79 Å². The van der Waals surface area contributed by atoms with E-state index in [0.717, 1.165) is 64.2 Å². The van der Waals surface area contributed by atoms with Gasteiger partial charge in [-0.2, -0.15) is 5.26 Å². The molecule has 0 aromatic heterocycles. The predicted molar refractivity (Wildman–Crippen MR) is 144 cm³/mol. The van der Waals surface area contributed by atoms with E-state index in [4.69, 9.17) is 10.00 Å². The number of nitrogens with zero attached hydrogens (tertiary/aromatic N) is 4. The minimum Gasteiger partial charge on any atom is -0.372 e. The Kier molecular flexibility index (Phi) is 9.38. The zero-order valence-corrected chi connectivity index (χ0v) is 21.9. The van der Waals surface area contributed by atoms with Crippen molar-refractivity contribution in [2.45, 2.75) is 52.2 Å². The highest BCUT2D eigenvalue weighted by Gasteiger charge is 2.27. The number of ether oxygens (including phenoxy) is 1. The van der Waals surface area contributed by atoms with Crippen LogP contribution in [0.1, 0.15) is 62.3 Å². The molecular formula is C30H40N4O2. The Labute approximate surface area is 216 Å². The first-order valence-electron chi connectivity index (χ1n) is 13.5. The molecule has 0 spiro atoms. The Balaban J connectivity index is 1.43. The Bertz CT molecular complexity index is 1020. The summed E-state index contributed by atoms with van der Waals surface area (Å²) in [4.78, 5) is 19.7. The highest BCUT2D eigenvalue weighted by Crippen LogP contribution is 2.28. The van der Waals surface area contributed by atoms with E-state index in [0.29, 0.717) is 18.1 Å². The van der Waals surface area contributed by atoms with Crippen molar-refractivity contribution in [3.8, 4) is 6.07 Å². The number of rotatable bonds is 10. The van der Waals surface area contributed by atoms with Crippen LogP contribution in [-0.2, 0) is 16.1 Å². The number of hydrogen-bond donors (Lipinski definition) is 0. The van der Waals surface area contributed by atoms with Crippen LogP contribution in [-0.4, -0.2) is 61.5 Å². The average Bonchev–Trinajstić information content (AvgIpc) is 3.47. The highest BCUT2D eigenvalue weighted by atomic mass is 16.5. The van der Waals surface area contributed by atoms with E-state index >= 15 is 0 Å². The van der Waals surface area contributed by atoms with E-state index in [-0.39, 0.29) is 12.0 Å². The molecule has 1 amide bonds. The van der Waals surface area contributed by atoms with Gasteiger partial charge in [0.05, 0.1) is 24.3 Å². The second-order valence-corrected chi connectivity index (χ2v) is 10.2. The Morgan fingerprint density at radius 1 is 1.03 bits per heavy atom. The van der Waals surface area contributed by atoms with Crippen LogP contribution >= 0.6 is 0 Å². The molecule has 0 N–H and O–H groups in total. The molecule has 2 fully saturated rings. The molecule has 0 saturated carbocycles. The molecule has 6 heteroatoms. The molecule has 2 saturated heterocycles. The summed E-state index contributed by atoms with van der Waals surface area (Å²) in [5, 5.41) is 9.09. The fourth-order valence-corrected chi connectivity index (χ4v) is 5.28. The van der Waals surface area contributed by atoms with Crippen molar-refractivity contribution in [3.05, 3.63) is 65.2 Å². The molecule has 2 aromatic rings. The fourth-order valence-electron chi connectivity index (χ4n) is 5.28. The van der Waals surface area contributed by atoms with Gasteiger partial charge < -0.3 is 14.5 Å². The van der Waals surface area contributed by atoms with Gasteiger partial charge in [-0.15, -0.1) is 0 Å². The molecule has 2 aromatic carbocycles. The lowest BCUT2D eigenvalue weighted by atomic mass is 10.0. The van der Waals surface area contributed by atoms with Gasteiger partial charge in [-0.25, -0.2) is 0 Å². The van der Waals surface area contributed by atoms with Crippen LogP contribution in [0.4, 0.5) is 5.69 Å². The van der Waals surface area contributed by atoms with Crippen molar-refractivity contribution in [1.82, 2.24) is 9.80 Å². The minimum atomic E-state index is -0.0653. The van der Waals surface area contributed by atoms with Gasteiger partial charge in [0.2, 0.25) is 5.91 Å². The molecule has 0 bridgehead atoms. The van der Waals surface area contributed by atoms with E-state index in [1.165, 1.54) is 24.1 Å². The molecule has 4 rings (SSSR count). The van der Waals surface area contributed by atoms with Gasteiger partial charge in [-0.3, -0.25) is 9.69 Å². The highest BCUT2D eigenvalue weighted by molar-refractivity contribution is 5.78. The third-order valence-corrected chi connectivity index (χ3v) is 7.50. The third kappa shape index (κ3) is 6.87. The largest absolute Gasteiger partial charge is 0.372 e. The molecule has 0 aliphatic carbocycles. The summed E-state index contributed by atoms with van der Waals surface area (Å²) in [6.07, 6.45) is 4.44. The monoisotopic (exact) mass is 488 g/mol. The number of anilines is 1. The molecule has 6 nitrogen and oxygen atoms in total. The number of benzene rings is 2. The van der Waals surface area contributed by atoms with E-state index in [2.05, 4.69) is 54.0 Å². The summed E-state index contributed by atoms with van der Waals surface area (Å²) in [5.74, 6) is 0.404. The van der Waals surface area contributed by atoms with Crippen molar-refractivity contribution in [1.29, 1.82) is 5.26 Å². The number of nitriles is 1. The lowest BCUT2D eigenvalue weighted by Crippen LogP contribution is -2.50. The molecule has 0 radical (unpaired) electrons. The van der Waals surface area contributed by atoms with Crippen LogP contribution < -0.4 is 4.90 Å². The first-order chi connectivity index (χ1) is 17.6. The number of amides is 1.